The molecule has 0 aliphatic carbocycles. The van der Waals surface area contributed by atoms with Crippen molar-refractivity contribution < 1.29 is 19.7 Å². The Morgan fingerprint density at radius 3 is 2.67 bits per heavy atom. The number of methoxy groups -OCH3 is 1. The first-order valence-electron chi connectivity index (χ1n) is 5.84. The topological polar surface area (TPSA) is 70.0 Å². The van der Waals surface area contributed by atoms with Gasteiger partial charge in [-0.05, 0) is 25.0 Å². The van der Waals surface area contributed by atoms with Gasteiger partial charge in [-0.1, -0.05) is 19.1 Å². The molecule has 0 fully saturated rings. The quantitative estimate of drug-likeness (QED) is 0.845. The molecular weight excluding hydrogens is 234 g/mol. The van der Waals surface area contributed by atoms with Crippen molar-refractivity contribution >= 4 is 11.8 Å². The minimum atomic E-state index is -1.10. The van der Waals surface area contributed by atoms with Crippen molar-refractivity contribution in [3.8, 4) is 5.75 Å². The molecule has 2 N–H and O–H groups in total. The Balaban J connectivity index is 3.25. The number of hydrogen-bond acceptors (Lipinski definition) is 3. The van der Waals surface area contributed by atoms with Gasteiger partial charge in [-0.15, -0.1) is 0 Å². The van der Waals surface area contributed by atoms with E-state index in [9.17, 15) is 15.0 Å². The largest absolute Gasteiger partial charge is 0.506 e. The molecular formula is C13H19NO4. The Kier molecular flexibility index (Phi) is 4.97. The number of carboxylic acid groups (broad SMARTS) is 1. The van der Waals surface area contributed by atoms with E-state index < -0.39 is 6.09 Å². The van der Waals surface area contributed by atoms with Crippen molar-refractivity contribution in [2.45, 2.75) is 26.3 Å². The number of anilines is 1. The molecule has 0 aromatic heterocycles. The average Bonchev–Trinajstić information content (AvgIpc) is 2.31. The third kappa shape index (κ3) is 2.92. The van der Waals surface area contributed by atoms with E-state index in [2.05, 4.69) is 0 Å². The molecule has 1 rings (SSSR count). The fourth-order valence-electron chi connectivity index (χ4n) is 1.96. The predicted octanol–water partition coefficient (Wildman–Crippen LogP) is 2.47. The Bertz CT molecular complexity index is 419. The second kappa shape index (κ2) is 6.26. The first-order valence-corrected chi connectivity index (χ1v) is 5.84. The van der Waals surface area contributed by atoms with E-state index >= 15 is 0 Å². The van der Waals surface area contributed by atoms with Crippen LogP contribution in [0.4, 0.5) is 10.5 Å². The standard InChI is InChI=1S/C13H19NO4/c1-4-10-6-5-7-11(15)12(10)14(13(16)17)9(2)8-18-3/h5-7,9,15H,4,8H2,1-3H3,(H,16,17). The first kappa shape index (κ1) is 14.3. The SMILES string of the molecule is CCc1cccc(O)c1N(C(=O)O)C(C)COC. The highest BCUT2D eigenvalue weighted by Gasteiger charge is 2.25. The van der Waals surface area contributed by atoms with Gasteiger partial charge in [-0.2, -0.15) is 0 Å². The third-order valence-corrected chi connectivity index (χ3v) is 2.77. The molecule has 0 aliphatic heterocycles. The summed E-state index contributed by atoms with van der Waals surface area (Å²) in [7, 11) is 1.52. The van der Waals surface area contributed by atoms with Crippen molar-refractivity contribution in [3.05, 3.63) is 23.8 Å². The summed E-state index contributed by atoms with van der Waals surface area (Å²) in [5.74, 6) is -0.0281. The summed E-state index contributed by atoms with van der Waals surface area (Å²) >= 11 is 0. The van der Waals surface area contributed by atoms with Crippen molar-refractivity contribution in [1.82, 2.24) is 0 Å². The second-order valence-corrected chi connectivity index (χ2v) is 4.10. The van der Waals surface area contributed by atoms with Crippen LogP contribution in [0.2, 0.25) is 0 Å². The lowest BCUT2D eigenvalue weighted by Gasteiger charge is -2.28. The van der Waals surface area contributed by atoms with Gasteiger partial charge in [-0.25, -0.2) is 4.79 Å². The van der Waals surface area contributed by atoms with Gasteiger partial charge in [0, 0.05) is 7.11 Å². The van der Waals surface area contributed by atoms with Crippen LogP contribution < -0.4 is 4.90 Å². The zero-order valence-electron chi connectivity index (χ0n) is 10.9. The number of phenols is 1. The van der Waals surface area contributed by atoms with Gasteiger partial charge in [0.05, 0.1) is 18.3 Å². The number of benzene rings is 1. The molecule has 0 aliphatic rings. The van der Waals surface area contributed by atoms with E-state index in [1.807, 2.05) is 13.0 Å². The molecule has 0 saturated carbocycles. The molecule has 1 aromatic rings. The predicted molar refractivity (Wildman–Crippen MR) is 69.3 cm³/mol. The number of rotatable bonds is 5. The number of hydrogen-bond donors (Lipinski definition) is 2. The summed E-state index contributed by atoms with van der Waals surface area (Å²) < 4.78 is 4.98. The van der Waals surface area contributed by atoms with Crippen LogP contribution in [0.15, 0.2) is 18.2 Å². The molecule has 0 saturated heterocycles. The van der Waals surface area contributed by atoms with E-state index in [0.29, 0.717) is 12.1 Å². The van der Waals surface area contributed by atoms with Crippen LogP contribution in [0, 0.1) is 0 Å². The minimum absolute atomic E-state index is 0.0281. The molecule has 5 nitrogen and oxygen atoms in total. The van der Waals surface area contributed by atoms with Crippen LogP contribution in [0.1, 0.15) is 19.4 Å². The Morgan fingerprint density at radius 2 is 2.17 bits per heavy atom. The number of aryl methyl sites for hydroxylation is 1. The van der Waals surface area contributed by atoms with Crippen LogP contribution >= 0.6 is 0 Å². The van der Waals surface area contributed by atoms with E-state index in [0.717, 1.165) is 10.5 Å². The van der Waals surface area contributed by atoms with Crippen LogP contribution in [0.3, 0.4) is 0 Å². The molecule has 1 unspecified atom stereocenters. The summed E-state index contributed by atoms with van der Waals surface area (Å²) in [5, 5.41) is 19.2. The minimum Gasteiger partial charge on any atom is -0.506 e. The highest BCUT2D eigenvalue weighted by molar-refractivity contribution is 5.90. The number of nitrogens with zero attached hydrogens (tertiary/aromatic N) is 1. The van der Waals surface area contributed by atoms with Gasteiger partial charge in [-0.3, -0.25) is 4.90 Å². The lowest BCUT2D eigenvalue weighted by Crippen LogP contribution is -2.41. The molecule has 0 radical (unpaired) electrons. The Hall–Kier alpha value is -1.75. The number of ether oxygens (including phenoxy) is 1. The van der Waals surface area contributed by atoms with Gasteiger partial charge in [0.25, 0.3) is 0 Å². The van der Waals surface area contributed by atoms with Crippen molar-refractivity contribution in [2.24, 2.45) is 0 Å². The van der Waals surface area contributed by atoms with Crippen LogP contribution in [0.25, 0.3) is 0 Å². The average molecular weight is 253 g/mol. The highest BCUT2D eigenvalue weighted by atomic mass is 16.5. The Labute approximate surface area is 107 Å². The fraction of sp³-hybridized carbons (Fsp3) is 0.462. The van der Waals surface area contributed by atoms with Gasteiger partial charge in [0.2, 0.25) is 0 Å². The molecule has 0 spiro atoms. The molecule has 0 heterocycles. The van der Waals surface area contributed by atoms with Crippen molar-refractivity contribution in [3.63, 3.8) is 0 Å². The van der Waals surface area contributed by atoms with Crippen LogP contribution in [-0.4, -0.2) is 36.1 Å². The molecule has 18 heavy (non-hydrogen) atoms. The maximum Gasteiger partial charge on any atom is 0.412 e. The van der Waals surface area contributed by atoms with E-state index in [4.69, 9.17) is 4.74 Å². The smallest absolute Gasteiger partial charge is 0.412 e. The maximum absolute atomic E-state index is 11.4. The third-order valence-electron chi connectivity index (χ3n) is 2.77. The first-order chi connectivity index (χ1) is 8.52. The molecule has 1 atom stereocenters. The molecule has 1 aromatic carbocycles. The number of phenolic OH excluding ortho intramolecular Hbond substituents is 1. The van der Waals surface area contributed by atoms with E-state index in [1.54, 1.807) is 13.0 Å². The van der Waals surface area contributed by atoms with Crippen LogP contribution in [0.5, 0.6) is 5.75 Å². The van der Waals surface area contributed by atoms with Crippen molar-refractivity contribution in [2.75, 3.05) is 18.6 Å². The number of carbonyl (C=O) groups is 1. The normalized spacial score (nSPS) is 12.2. The molecule has 100 valence electrons. The fourth-order valence-corrected chi connectivity index (χ4v) is 1.96. The summed E-state index contributed by atoms with van der Waals surface area (Å²) in [6.45, 7) is 3.92. The summed E-state index contributed by atoms with van der Waals surface area (Å²) in [5.41, 5.74) is 1.14. The zero-order valence-corrected chi connectivity index (χ0v) is 10.9. The van der Waals surface area contributed by atoms with Gasteiger partial charge >= 0.3 is 6.09 Å². The number of para-hydroxylation sites is 1. The maximum atomic E-state index is 11.4. The van der Waals surface area contributed by atoms with Gasteiger partial charge in [0.15, 0.2) is 0 Å². The summed E-state index contributed by atoms with van der Waals surface area (Å²) in [6.07, 6.45) is -0.455. The summed E-state index contributed by atoms with van der Waals surface area (Å²) in [6, 6.07) is 4.64. The van der Waals surface area contributed by atoms with Crippen molar-refractivity contribution in [1.29, 1.82) is 0 Å². The molecule has 1 amide bonds. The summed E-state index contributed by atoms with van der Waals surface area (Å²) in [4.78, 5) is 12.5. The van der Waals surface area contributed by atoms with Crippen LogP contribution in [-0.2, 0) is 11.2 Å². The molecule has 5 heteroatoms. The lowest BCUT2D eigenvalue weighted by molar-refractivity contribution is 0.168. The van der Waals surface area contributed by atoms with Gasteiger partial charge in [0.1, 0.15) is 5.75 Å². The van der Waals surface area contributed by atoms with Gasteiger partial charge < -0.3 is 14.9 Å². The zero-order chi connectivity index (χ0) is 13.7. The van der Waals surface area contributed by atoms with E-state index in [-0.39, 0.29) is 18.4 Å². The second-order valence-electron chi connectivity index (χ2n) is 4.10. The van der Waals surface area contributed by atoms with E-state index in [1.165, 1.54) is 13.2 Å². The molecule has 0 bridgehead atoms. The Morgan fingerprint density at radius 1 is 1.50 bits per heavy atom. The monoisotopic (exact) mass is 253 g/mol. The number of aromatic hydroxyl groups is 1. The highest BCUT2D eigenvalue weighted by Crippen LogP contribution is 2.33. The number of amides is 1. The lowest BCUT2D eigenvalue weighted by atomic mass is 10.1.